The van der Waals surface area contributed by atoms with Gasteiger partial charge in [0.2, 0.25) is 5.91 Å². The lowest BCUT2D eigenvalue weighted by Crippen LogP contribution is -2.28. The summed E-state index contributed by atoms with van der Waals surface area (Å²) in [4.78, 5) is 11.5. The Morgan fingerprint density at radius 1 is 1.80 bits per heavy atom. The highest BCUT2D eigenvalue weighted by atomic mass is 16.5. The van der Waals surface area contributed by atoms with Gasteiger partial charge in [-0.15, -0.1) is 0 Å². The number of anilines is 1. The first-order valence-electron chi connectivity index (χ1n) is 4.67. The highest BCUT2D eigenvalue weighted by molar-refractivity contribution is 5.90. The molecule has 0 bridgehead atoms. The third-order valence-electron chi connectivity index (χ3n) is 2.00. The molecule has 1 atom stereocenters. The lowest BCUT2D eigenvalue weighted by atomic mass is 10.2. The maximum absolute atomic E-state index is 11.5. The van der Waals surface area contributed by atoms with E-state index in [0.29, 0.717) is 12.2 Å². The van der Waals surface area contributed by atoms with Crippen LogP contribution in [0, 0.1) is 0 Å². The van der Waals surface area contributed by atoms with Crippen LogP contribution >= 0.6 is 0 Å². The highest BCUT2D eigenvalue weighted by Gasteiger charge is 2.11. The van der Waals surface area contributed by atoms with Gasteiger partial charge in [-0.1, -0.05) is 0 Å². The van der Waals surface area contributed by atoms with E-state index in [4.69, 9.17) is 10.5 Å². The molecule has 3 N–H and O–H groups in total. The number of carbonyl (C=O) groups is 1. The van der Waals surface area contributed by atoms with Gasteiger partial charge in [0.1, 0.15) is 0 Å². The van der Waals surface area contributed by atoms with E-state index >= 15 is 0 Å². The third-order valence-corrected chi connectivity index (χ3v) is 2.00. The quantitative estimate of drug-likeness (QED) is 0.703. The Morgan fingerprint density at radius 3 is 3.00 bits per heavy atom. The van der Waals surface area contributed by atoms with Crippen molar-refractivity contribution in [3.63, 3.8) is 0 Å². The number of ether oxygens (including phenoxy) is 1. The minimum atomic E-state index is -0.235. The van der Waals surface area contributed by atoms with Crippen LogP contribution in [0.3, 0.4) is 0 Å². The number of nitrogens with one attached hydrogen (secondary N) is 1. The molecule has 1 aromatic rings. The standard InChI is InChI=1S/C9H16N4O2/c1-13-6-7(5-11-13)12-9(14)3-8(4-10)15-2/h5-6,8H,3-4,10H2,1-2H3,(H,12,14). The van der Waals surface area contributed by atoms with E-state index in [9.17, 15) is 4.79 Å². The van der Waals surface area contributed by atoms with E-state index in [0.717, 1.165) is 0 Å². The van der Waals surface area contributed by atoms with Crippen molar-refractivity contribution in [3.05, 3.63) is 12.4 Å². The van der Waals surface area contributed by atoms with Gasteiger partial charge in [0, 0.05) is 26.9 Å². The molecule has 6 nitrogen and oxygen atoms in total. The monoisotopic (exact) mass is 212 g/mol. The van der Waals surface area contributed by atoms with Gasteiger partial charge in [-0.05, 0) is 0 Å². The molecule has 1 aromatic heterocycles. The summed E-state index contributed by atoms with van der Waals surface area (Å²) in [5.74, 6) is -0.125. The number of rotatable bonds is 5. The fourth-order valence-corrected chi connectivity index (χ4v) is 1.17. The maximum atomic E-state index is 11.5. The second kappa shape index (κ2) is 5.47. The molecule has 0 aliphatic carbocycles. The number of hydrogen-bond acceptors (Lipinski definition) is 4. The van der Waals surface area contributed by atoms with Crippen LogP contribution in [0.5, 0.6) is 0 Å². The first kappa shape index (κ1) is 11.7. The van der Waals surface area contributed by atoms with Crippen molar-refractivity contribution in [3.8, 4) is 0 Å². The van der Waals surface area contributed by atoms with Crippen LogP contribution in [0.2, 0.25) is 0 Å². The van der Waals surface area contributed by atoms with Gasteiger partial charge in [-0.3, -0.25) is 9.48 Å². The van der Waals surface area contributed by atoms with Crippen molar-refractivity contribution in [2.75, 3.05) is 19.0 Å². The molecule has 0 spiro atoms. The van der Waals surface area contributed by atoms with Gasteiger partial charge in [0.15, 0.2) is 0 Å². The summed E-state index contributed by atoms with van der Waals surface area (Å²) < 4.78 is 6.62. The summed E-state index contributed by atoms with van der Waals surface area (Å²) >= 11 is 0. The van der Waals surface area contributed by atoms with E-state index in [2.05, 4.69) is 10.4 Å². The zero-order valence-corrected chi connectivity index (χ0v) is 8.93. The number of nitrogens with two attached hydrogens (primary N) is 1. The Bertz CT molecular complexity index is 320. The predicted molar refractivity (Wildman–Crippen MR) is 56.3 cm³/mol. The number of hydrogen-bond donors (Lipinski definition) is 2. The zero-order chi connectivity index (χ0) is 11.3. The molecule has 1 amide bonds. The molecular weight excluding hydrogens is 196 g/mol. The van der Waals surface area contributed by atoms with Gasteiger partial charge in [-0.25, -0.2) is 0 Å². The fourth-order valence-electron chi connectivity index (χ4n) is 1.17. The van der Waals surface area contributed by atoms with E-state index in [1.807, 2.05) is 0 Å². The molecule has 1 unspecified atom stereocenters. The SMILES string of the molecule is COC(CN)CC(=O)Nc1cnn(C)c1. The van der Waals surface area contributed by atoms with Crippen LogP contribution in [0.1, 0.15) is 6.42 Å². The Kier molecular flexibility index (Phi) is 4.26. The smallest absolute Gasteiger partial charge is 0.227 e. The number of carbonyl (C=O) groups excluding carboxylic acids is 1. The van der Waals surface area contributed by atoms with E-state index in [-0.39, 0.29) is 18.4 Å². The van der Waals surface area contributed by atoms with Crippen LogP contribution in [0.25, 0.3) is 0 Å². The van der Waals surface area contributed by atoms with Gasteiger partial charge in [0.25, 0.3) is 0 Å². The molecule has 1 rings (SSSR count). The lowest BCUT2D eigenvalue weighted by Gasteiger charge is -2.11. The summed E-state index contributed by atoms with van der Waals surface area (Å²) in [6, 6.07) is 0. The molecule has 0 saturated carbocycles. The number of aryl methyl sites for hydroxylation is 1. The van der Waals surface area contributed by atoms with Crippen LogP contribution in [-0.2, 0) is 16.6 Å². The molecular formula is C9H16N4O2. The molecule has 15 heavy (non-hydrogen) atoms. The van der Waals surface area contributed by atoms with Gasteiger partial charge >= 0.3 is 0 Å². The zero-order valence-electron chi connectivity index (χ0n) is 8.93. The van der Waals surface area contributed by atoms with E-state index in [1.54, 1.807) is 24.1 Å². The molecule has 6 heteroatoms. The first-order valence-corrected chi connectivity index (χ1v) is 4.67. The largest absolute Gasteiger partial charge is 0.380 e. The van der Waals surface area contributed by atoms with E-state index in [1.165, 1.54) is 7.11 Å². The molecule has 1 heterocycles. The molecule has 0 radical (unpaired) electrons. The second-order valence-electron chi connectivity index (χ2n) is 3.25. The summed E-state index contributed by atoms with van der Waals surface area (Å²) in [7, 11) is 3.32. The Morgan fingerprint density at radius 2 is 2.53 bits per heavy atom. The Balaban J connectivity index is 2.42. The number of aromatic nitrogens is 2. The van der Waals surface area contributed by atoms with Crippen molar-refractivity contribution >= 4 is 11.6 Å². The second-order valence-corrected chi connectivity index (χ2v) is 3.25. The Hall–Kier alpha value is -1.40. The predicted octanol–water partition coefficient (Wildman–Crippen LogP) is -0.278. The van der Waals surface area contributed by atoms with Gasteiger partial charge < -0.3 is 15.8 Å². The normalized spacial score (nSPS) is 12.5. The fraction of sp³-hybridized carbons (Fsp3) is 0.556. The Labute approximate surface area is 88.4 Å². The average molecular weight is 212 g/mol. The summed E-state index contributed by atoms with van der Waals surface area (Å²) in [5, 5.41) is 6.64. The van der Waals surface area contributed by atoms with Crippen LogP contribution < -0.4 is 11.1 Å². The third kappa shape index (κ3) is 3.69. The topological polar surface area (TPSA) is 82.2 Å². The molecule has 0 saturated heterocycles. The van der Waals surface area contributed by atoms with Crippen LogP contribution in [0.4, 0.5) is 5.69 Å². The van der Waals surface area contributed by atoms with Gasteiger partial charge in [-0.2, -0.15) is 5.10 Å². The molecule has 0 aliphatic rings. The lowest BCUT2D eigenvalue weighted by molar-refractivity contribution is -0.118. The molecule has 0 aromatic carbocycles. The van der Waals surface area contributed by atoms with Crippen LogP contribution in [-0.4, -0.2) is 35.4 Å². The van der Waals surface area contributed by atoms with Crippen LogP contribution in [0.15, 0.2) is 12.4 Å². The maximum Gasteiger partial charge on any atom is 0.227 e. The minimum absolute atomic E-state index is 0.125. The summed E-state index contributed by atoms with van der Waals surface area (Å²) in [6.45, 7) is 0.330. The van der Waals surface area contributed by atoms with Crippen molar-refractivity contribution in [1.82, 2.24) is 9.78 Å². The number of nitrogens with zero attached hydrogens (tertiary/aromatic N) is 2. The first-order chi connectivity index (χ1) is 7.15. The highest BCUT2D eigenvalue weighted by Crippen LogP contribution is 2.05. The summed E-state index contributed by atoms with van der Waals surface area (Å²) in [5.41, 5.74) is 6.08. The van der Waals surface area contributed by atoms with Crippen molar-refractivity contribution in [2.45, 2.75) is 12.5 Å². The van der Waals surface area contributed by atoms with E-state index < -0.39 is 0 Å². The number of amides is 1. The number of methoxy groups -OCH3 is 1. The van der Waals surface area contributed by atoms with Crippen molar-refractivity contribution < 1.29 is 9.53 Å². The molecule has 0 fully saturated rings. The van der Waals surface area contributed by atoms with Gasteiger partial charge in [0.05, 0.1) is 24.4 Å². The molecule has 84 valence electrons. The minimum Gasteiger partial charge on any atom is -0.380 e. The van der Waals surface area contributed by atoms with Crippen molar-refractivity contribution in [2.24, 2.45) is 12.8 Å². The summed E-state index contributed by atoms with van der Waals surface area (Å²) in [6.07, 6.45) is 3.33. The van der Waals surface area contributed by atoms with Crippen molar-refractivity contribution in [1.29, 1.82) is 0 Å². The molecule has 0 aliphatic heterocycles. The average Bonchev–Trinajstić information content (AvgIpc) is 2.60.